The van der Waals surface area contributed by atoms with Crippen LogP contribution in [0.5, 0.6) is 0 Å². The van der Waals surface area contributed by atoms with Gasteiger partial charge in [-0.3, -0.25) is 0 Å². The Kier molecular flexibility index (Phi) is 4.69. The second-order valence-corrected chi connectivity index (χ2v) is 3.80. The number of anilines is 1. The first-order valence-corrected chi connectivity index (χ1v) is 5.46. The first kappa shape index (κ1) is 13.2. The van der Waals surface area contributed by atoms with Gasteiger partial charge in [0.05, 0.1) is 5.69 Å². The zero-order valence-electron chi connectivity index (χ0n) is 9.98. The number of carbonyl (C=O) groups is 1. The van der Waals surface area contributed by atoms with Crippen LogP contribution in [-0.4, -0.2) is 24.7 Å². The normalized spacial score (nSPS) is 10.8. The largest absolute Gasteiger partial charge is 0.478 e. The van der Waals surface area contributed by atoms with Gasteiger partial charge in [-0.1, -0.05) is 13.0 Å². The molecule has 1 rings (SSSR count). The lowest BCUT2D eigenvalue weighted by Gasteiger charge is -2.19. The summed E-state index contributed by atoms with van der Waals surface area (Å²) in [6.07, 6.45) is 3.30. The van der Waals surface area contributed by atoms with E-state index >= 15 is 0 Å². The average Bonchev–Trinajstić information content (AvgIpc) is 2.26. The molecule has 1 aromatic carbocycles. The molecule has 0 amide bonds. The molecule has 0 aliphatic carbocycles. The lowest BCUT2D eigenvalue weighted by molar-refractivity contribution is -0.131. The second kappa shape index (κ2) is 6.03. The molecule has 1 N–H and O–H groups in total. The second-order valence-electron chi connectivity index (χ2n) is 3.80. The van der Waals surface area contributed by atoms with E-state index in [4.69, 9.17) is 5.11 Å². The number of aliphatic carboxylic acids is 1. The Hall–Kier alpha value is -1.84. The van der Waals surface area contributed by atoms with Crippen LogP contribution in [0.4, 0.5) is 10.1 Å². The van der Waals surface area contributed by atoms with Crippen LogP contribution in [0.2, 0.25) is 0 Å². The molecule has 0 bridgehead atoms. The number of rotatable bonds is 5. The van der Waals surface area contributed by atoms with E-state index in [9.17, 15) is 9.18 Å². The third kappa shape index (κ3) is 3.90. The number of carboxylic acid groups (broad SMARTS) is 1. The van der Waals surface area contributed by atoms with E-state index in [0.717, 1.165) is 19.0 Å². The fourth-order valence-electron chi connectivity index (χ4n) is 1.56. The van der Waals surface area contributed by atoms with Crippen molar-refractivity contribution in [3.05, 3.63) is 35.7 Å². The van der Waals surface area contributed by atoms with Gasteiger partial charge in [0.1, 0.15) is 5.82 Å². The highest BCUT2D eigenvalue weighted by Crippen LogP contribution is 2.20. The molecule has 0 radical (unpaired) electrons. The van der Waals surface area contributed by atoms with Gasteiger partial charge in [0.15, 0.2) is 0 Å². The first-order valence-electron chi connectivity index (χ1n) is 5.46. The summed E-state index contributed by atoms with van der Waals surface area (Å²) < 4.78 is 13.7. The Balaban J connectivity index is 2.89. The molecule has 3 nitrogen and oxygen atoms in total. The molecule has 17 heavy (non-hydrogen) atoms. The number of benzene rings is 1. The predicted molar refractivity (Wildman–Crippen MR) is 66.6 cm³/mol. The third-order valence-corrected chi connectivity index (χ3v) is 2.36. The predicted octanol–water partition coefficient (Wildman–Crippen LogP) is 2.77. The first-order chi connectivity index (χ1) is 8.04. The van der Waals surface area contributed by atoms with Crippen LogP contribution in [0, 0.1) is 5.82 Å². The van der Waals surface area contributed by atoms with Gasteiger partial charge >= 0.3 is 5.97 Å². The minimum atomic E-state index is -1.04. The van der Waals surface area contributed by atoms with Crippen molar-refractivity contribution in [1.29, 1.82) is 0 Å². The molecule has 4 heteroatoms. The van der Waals surface area contributed by atoms with E-state index in [1.54, 1.807) is 12.1 Å². The molecular formula is C13H16FNO2. The Bertz CT molecular complexity index is 429. The number of hydrogen-bond acceptors (Lipinski definition) is 2. The minimum Gasteiger partial charge on any atom is -0.478 e. The fourth-order valence-corrected chi connectivity index (χ4v) is 1.56. The Morgan fingerprint density at radius 2 is 2.24 bits per heavy atom. The summed E-state index contributed by atoms with van der Waals surface area (Å²) in [7, 11) is 1.83. The highest BCUT2D eigenvalue weighted by Gasteiger charge is 2.06. The minimum absolute atomic E-state index is 0.339. The molecule has 1 aromatic rings. The lowest BCUT2D eigenvalue weighted by Crippen LogP contribution is -2.18. The molecular weight excluding hydrogens is 221 g/mol. The van der Waals surface area contributed by atoms with Gasteiger partial charge in [-0.05, 0) is 30.2 Å². The zero-order valence-corrected chi connectivity index (χ0v) is 9.98. The van der Waals surface area contributed by atoms with Crippen LogP contribution in [0.25, 0.3) is 6.08 Å². The van der Waals surface area contributed by atoms with Crippen LogP contribution >= 0.6 is 0 Å². The van der Waals surface area contributed by atoms with E-state index in [-0.39, 0.29) is 5.82 Å². The number of nitrogens with zero attached hydrogens (tertiary/aromatic N) is 1. The van der Waals surface area contributed by atoms with E-state index < -0.39 is 5.97 Å². The van der Waals surface area contributed by atoms with Gasteiger partial charge in [0.2, 0.25) is 0 Å². The van der Waals surface area contributed by atoms with Crippen LogP contribution in [0.3, 0.4) is 0 Å². The molecule has 0 unspecified atom stereocenters. The summed E-state index contributed by atoms with van der Waals surface area (Å²) in [5.41, 5.74) is 1.07. The molecule has 0 saturated heterocycles. The molecule has 0 aliphatic heterocycles. The maximum Gasteiger partial charge on any atom is 0.328 e. The van der Waals surface area contributed by atoms with Crippen LogP contribution < -0.4 is 4.90 Å². The van der Waals surface area contributed by atoms with Crippen molar-refractivity contribution in [2.45, 2.75) is 13.3 Å². The monoisotopic (exact) mass is 237 g/mol. The molecule has 0 aliphatic rings. The van der Waals surface area contributed by atoms with Gasteiger partial charge in [-0.15, -0.1) is 0 Å². The van der Waals surface area contributed by atoms with E-state index in [0.29, 0.717) is 11.3 Å². The summed E-state index contributed by atoms with van der Waals surface area (Å²) in [4.78, 5) is 12.2. The molecule has 0 atom stereocenters. The highest BCUT2D eigenvalue weighted by molar-refractivity contribution is 5.85. The fraction of sp³-hybridized carbons (Fsp3) is 0.308. The number of halogens is 1. The maximum absolute atomic E-state index is 13.7. The summed E-state index contributed by atoms with van der Waals surface area (Å²) in [6, 6.07) is 4.69. The molecule has 0 heterocycles. The van der Waals surface area contributed by atoms with Crippen molar-refractivity contribution in [3.63, 3.8) is 0 Å². The number of hydrogen-bond donors (Lipinski definition) is 1. The van der Waals surface area contributed by atoms with E-state index in [1.165, 1.54) is 12.1 Å². The summed E-state index contributed by atoms with van der Waals surface area (Å²) >= 11 is 0. The van der Waals surface area contributed by atoms with Gasteiger partial charge < -0.3 is 10.0 Å². The molecule has 0 aromatic heterocycles. The molecule has 0 saturated carbocycles. The SMILES string of the molecule is CCCN(C)c1ccc(/C=C/C(=O)O)cc1F. The molecule has 0 spiro atoms. The van der Waals surface area contributed by atoms with Crippen molar-refractivity contribution in [2.24, 2.45) is 0 Å². The highest BCUT2D eigenvalue weighted by atomic mass is 19.1. The van der Waals surface area contributed by atoms with Crippen molar-refractivity contribution in [2.75, 3.05) is 18.5 Å². The van der Waals surface area contributed by atoms with Crippen LogP contribution in [-0.2, 0) is 4.79 Å². The Morgan fingerprint density at radius 3 is 2.76 bits per heavy atom. The third-order valence-electron chi connectivity index (χ3n) is 2.36. The zero-order chi connectivity index (χ0) is 12.8. The smallest absolute Gasteiger partial charge is 0.328 e. The van der Waals surface area contributed by atoms with Crippen molar-refractivity contribution < 1.29 is 14.3 Å². The summed E-state index contributed by atoms with van der Waals surface area (Å²) in [5, 5.41) is 8.47. The van der Waals surface area contributed by atoms with Crippen molar-refractivity contribution >= 4 is 17.7 Å². The average molecular weight is 237 g/mol. The van der Waals surface area contributed by atoms with Gasteiger partial charge in [-0.25, -0.2) is 9.18 Å². The standard InChI is InChI=1S/C13H16FNO2/c1-3-8-15(2)12-6-4-10(9-11(12)14)5-7-13(16)17/h4-7,9H,3,8H2,1-2H3,(H,16,17)/b7-5+. The van der Waals surface area contributed by atoms with Gasteiger partial charge in [0, 0.05) is 19.7 Å². The molecule has 92 valence electrons. The van der Waals surface area contributed by atoms with Gasteiger partial charge in [-0.2, -0.15) is 0 Å². The Labute approximate surface area is 100 Å². The lowest BCUT2D eigenvalue weighted by atomic mass is 10.1. The molecule has 0 fully saturated rings. The van der Waals surface area contributed by atoms with E-state index in [2.05, 4.69) is 0 Å². The number of carboxylic acids is 1. The van der Waals surface area contributed by atoms with Crippen LogP contribution in [0.1, 0.15) is 18.9 Å². The Morgan fingerprint density at radius 1 is 1.53 bits per heavy atom. The summed E-state index contributed by atoms with van der Waals surface area (Å²) in [5.74, 6) is -1.38. The van der Waals surface area contributed by atoms with E-state index in [1.807, 2.05) is 18.9 Å². The van der Waals surface area contributed by atoms with Gasteiger partial charge in [0.25, 0.3) is 0 Å². The van der Waals surface area contributed by atoms with Crippen molar-refractivity contribution in [1.82, 2.24) is 0 Å². The topological polar surface area (TPSA) is 40.5 Å². The van der Waals surface area contributed by atoms with Crippen LogP contribution in [0.15, 0.2) is 24.3 Å². The van der Waals surface area contributed by atoms with Crippen molar-refractivity contribution in [3.8, 4) is 0 Å². The quantitative estimate of drug-likeness (QED) is 0.800. The summed E-state index contributed by atoms with van der Waals surface area (Å²) in [6.45, 7) is 2.81. The maximum atomic E-state index is 13.7.